The van der Waals surface area contributed by atoms with E-state index in [-0.39, 0.29) is 0 Å². The highest BCUT2D eigenvalue weighted by Gasteiger charge is 2.25. The number of ether oxygens (including phenoxy) is 4. The summed E-state index contributed by atoms with van der Waals surface area (Å²) < 4.78 is 25.0. The summed E-state index contributed by atoms with van der Waals surface area (Å²) in [5.41, 5.74) is 0. The van der Waals surface area contributed by atoms with Gasteiger partial charge in [0.1, 0.15) is 23.0 Å². The van der Waals surface area contributed by atoms with Gasteiger partial charge in [0.15, 0.2) is 0 Å². The van der Waals surface area contributed by atoms with Crippen molar-refractivity contribution in [2.24, 2.45) is 0 Å². The molecular formula is C26H32Cl2O4. The second-order valence-electron chi connectivity index (χ2n) is 7.65. The van der Waals surface area contributed by atoms with Gasteiger partial charge in [0.05, 0.1) is 47.2 Å². The SMILES string of the molecule is CCCOc1ccc(OCCC)c2c(OCCC)c3c(Cl)c(Cl)ccc3c(OCCC)c12. The summed E-state index contributed by atoms with van der Waals surface area (Å²) in [5.74, 6) is 2.83. The Morgan fingerprint density at radius 2 is 1.03 bits per heavy atom. The van der Waals surface area contributed by atoms with E-state index in [2.05, 4.69) is 27.7 Å². The molecule has 4 nitrogen and oxygen atoms in total. The smallest absolute Gasteiger partial charge is 0.140 e. The fourth-order valence-electron chi connectivity index (χ4n) is 3.60. The minimum absolute atomic E-state index is 0.444. The molecule has 0 saturated carbocycles. The van der Waals surface area contributed by atoms with Crippen LogP contribution in [0.15, 0.2) is 24.3 Å². The van der Waals surface area contributed by atoms with Crippen molar-refractivity contribution in [1.82, 2.24) is 0 Å². The van der Waals surface area contributed by atoms with Gasteiger partial charge in [-0.05, 0) is 49.9 Å². The third-order valence-corrected chi connectivity index (χ3v) is 5.78. The Hall–Kier alpha value is -2.04. The molecule has 3 rings (SSSR count). The normalized spacial score (nSPS) is 11.2. The van der Waals surface area contributed by atoms with Crippen LogP contribution in [-0.2, 0) is 0 Å². The fraction of sp³-hybridized carbons (Fsp3) is 0.462. The van der Waals surface area contributed by atoms with Crippen molar-refractivity contribution in [3.63, 3.8) is 0 Å². The van der Waals surface area contributed by atoms with Crippen LogP contribution in [-0.4, -0.2) is 26.4 Å². The maximum atomic E-state index is 6.76. The van der Waals surface area contributed by atoms with Crippen LogP contribution in [0.4, 0.5) is 0 Å². The standard InChI is InChI=1S/C26H32Cl2O4/c1-5-13-29-19-11-12-20(30-14-6-2)23-22(19)25(31-15-7-3)17-9-10-18(27)24(28)21(17)26(23)32-16-8-4/h9-12H,5-8,13-16H2,1-4H3. The second-order valence-corrected chi connectivity index (χ2v) is 8.43. The number of hydrogen-bond acceptors (Lipinski definition) is 4. The lowest BCUT2D eigenvalue weighted by molar-refractivity contribution is 0.302. The van der Waals surface area contributed by atoms with Crippen LogP contribution >= 0.6 is 23.2 Å². The molecule has 0 spiro atoms. The topological polar surface area (TPSA) is 36.9 Å². The summed E-state index contributed by atoms with van der Waals surface area (Å²) in [6, 6.07) is 7.63. The predicted molar refractivity (Wildman–Crippen MR) is 135 cm³/mol. The van der Waals surface area contributed by atoms with E-state index in [0.717, 1.165) is 58.7 Å². The lowest BCUT2D eigenvalue weighted by Crippen LogP contribution is -2.05. The summed E-state index contributed by atoms with van der Waals surface area (Å²) in [4.78, 5) is 0. The number of halogens is 2. The molecule has 0 atom stereocenters. The van der Waals surface area contributed by atoms with Crippen molar-refractivity contribution in [2.75, 3.05) is 26.4 Å². The third kappa shape index (κ3) is 4.97. The summed E-state index contributed by atoms with van der Waals surface area (Å²) in [6.07, 6.45) is 3.51. The minimum Gasteiger partial charge on any atom is -0.493 e. The molecule has 0 amide bonds. The van der Waals surface area contributed by atoms with Crippen LogP contribution in [0.1, 0.15) is 53.4 Å². The molecule has 3 aromatic carbocycles. The highest BCUT2D eigenvalue weighted by atomic mass is 35.5. The summed E-state index contributed by atoms with van der Waals surface area (Å²) in [5, 5.41) is 4.15. The maximum Gasteiger partial charge on any atom is 0.140 e. The molecule has 0 aromatic heterocycles. The van der Waals surface area contributed by atoms with Crippen molar-refractivity contribution >= 4 is 44.7 Å². The average molecular weight is 479 g/mol. The van der Waals surface area contributed by atoms with Crippen molar-refractivity contribution in [1.29, 1.82) is 0 Å². The molecule has 0 aliphatic rings. The van der Waals surface area contributed by atoms with Crippen molar-refractivity contribution in [3.8, 4) is 23.0 Å². The van der Waals surface area contributed by atoms with E-state index in [9.17, 15) is 0 Å². The first-order valence-corrected chi connectivity index (χ1v) is 12.3. The van der Waals surface area contributed by atoms with E-state index >= 15 is 0 Å². The van der Waals surface area contributed by atoms with Gasteiger partial charge < -0.3 is 18.9 Å². The monoisotopic (exact) mass is 478 g/mol. The van der Waals surface area contributed by atoms with Crippen molar-refractivity contribution < 1.29 is 18.9 Å². The zero-order chi connectivity index (χ0) is 23.1. The van der Waals surface area contributed by atoms with Gasteiger partial charge in [-0.25, -0.2) is 0 Å². The average Bonchev–Trinajstić information content (AvgIpc) is 2.81. The molecular weight excluding hydrogens is 447 g/mol. The van der Waals surface area contributed by atoms with E-state index in [1.807, 2.05) is 18.2 Å². The predicted octanol–water partition coefficient (Wildman–Crippen LogP) is 8.46. The Balaban J connectivity index is 2.50. The van der Waals surface area contributed by atoms with Gasteiger partial charge in [-0.3, -0.25) is 0 Å². The van der Waals surface area contributed by atoms with Crippen LogP contribution in [0.5, 0.6) is 23.0 Å². The van der Waals surface area contributed by atoms with E-state index in [1.165, 1.54) is 0 Å². The van der Waals surface area contributed by atoms with Gasteiger partial charge in [0.25, 0.3) is 0 Å². The zero-order valence-electron chi connectivity index (χ0n) is 19.4. The molecule has 6 heteroatoms. The number of hydrogen-bond donors (Lipinski definition) is 0. The van der Waals surface area contributed by atoms with E-state index in [0.29, 0.717) is 48.0 Å². The Kier molecular flexibility index (Phi) is 9.01. The van der Waals surface area contributed by atoms with Crippen molar-refractivity contribution in [2.45, 2.75) is 53.4 Å². The highest BCUT2D eigenvalue weighted by molar-refractivity contribution is 6.46. The molecule has 0 saturated heterocycles. The number of benzene rings is 3. The van der Waals surface area contributed by atoms with Gasteiger partial charge in [-0.1, -0.05) is 50.9 Å². The first-order chi connectivity index (χ1) is 15.6. The fourth-order valence-corrected chi connectivity index (χ4v) is 4.01. The van der Waals surface area contributed by atoms with Crippen LogP contribution in [0.25, 0.3) is 21.5 Å². The van der Waals surface area contributed by atoms with Gasteiger partial charge in [-0.15, -0.1) is 0 Å². The minimum atomic E-state index is 0.444. The van der Waals surface area contributed by atoms with Gasteiger partial charge in [0.2, 0.25) is 0 Å². The molecule has 174 valence electrons. The molecule has 0 aliphatic carbocycles. The molecule has 3 aromatic rings. The van der Waals surface area contributed by atoms with Gasteiger partial charge in [0, 0.05) is 10.8 Å². The van der Waals surface area contributed by atoms with Crippen LogP contribution < -0.4 is 18.9 Å². The molecule has 0 heterocycles. The summed E-state index contributed by atoms with van der Waals surface area (Å²) in [7, 11) is 0. The quantitative estimate of drug-likeness (QED) is 0.244. The zero-order valence-corrected chi connectivity index (χ0v) is 20.9. The van der Waals surface area contributed by atoms with E-state index in [4.69, 9.17) is 42.1 Å². The second kappa shape index (κ2) is 11.7. The number of rotatable bonds is 12. The molecule has 32 heavy (non-hydrogen) atoms. The Bertz CT molecular complexity index is 1070. The lowest BCUT2D eigenvalue weighted by Gasteiger charge is -2.22. The van der Waals surface area contributed by atoms with Crippen molar-refractivity contribution in [3.05, 3.63) is 34.3 Å². The largest absolute Gasteiger partial charge is 0.493 e. The summed E-state index contributed by atoms with van der Waals surface area (Å²) in [6.45, 7) is 10.6. The maximum absolute atomic E-state index is 6.76. The first kappa shape index (κ1) is 24.6. The lowest BCUT2D eigenvalue weighted by atomic mass is 9.98. The third-order valence-electron chi connectivity index (χ3n) is 4.97. The molecule has 0 unspecified atom stereocenters. The van der Waals surface area contributed by atoms with Crippen LogP contribution in [0.2, 0.25) is 10.0 Å². The molecule has 0 radical (unpaired) electrons. The van der Waals surface area contributed by atoms with Crippen LogP contribution in [0.3, 0.4) is 0 Å². The Morgan fingerprint density at radius 1 is 0.562 bits per heavy atom. The summed E-state index contributed by atoms with van der Waals surface area (Å²) >= 11 is 13.2. The van der Waals surface area contributed by atoms with Crippen LogP contribution in [0, 0.1) is 0 Å². The highest BCUT2D eigenvalue weighted by Crippen LogP contribution is 2.52. The Labute approximate surface area is 200 Å². The first-order valence-electron chi connectivity index (χ1n) is 11.5. The van der Waals surface area contributed by atoms with E-state index < -0.39 is 0 Å². The molecule has 0 fully saturated rings. The van der Waals surface area contributed by atoms with Gasteiger partial charge >= 0.3 is 0 Å². The van der Waals surface area contributed by atoms with Gasteiger partial charge in [-0.2, -0.15) is 0 Å². The molecule has 0 bridgehead atoms. The van der Waals surface area contributed by atoms with E-state index in [1.54, 1.807) is 6.07 Å². The molecule has 0 aliphatic heterocycles. The molecule has 0 N–H and O–H groups in total. The Morgan fingerprint density at radius 3 is 1.56 bits per heavy atom. The number of fused-ring (bicyclic) bond motifs is 2.